The molecule has 0 unspecified atom stereocenters. The van der Waals surface area contributed by atoms with Crippen LogP contribution in [0, 0.1) is 13.8 Å². The van der Waals surface area contributed by atoms with Crippen molar-refractivity contribution in [3.8, 4) is 0 Å². The minimum Gasteiger partial charge on any atom is -0.0838 e. The Bertz CT molecular complexity index is 330. The fourth-order valence-corrected chi connectivity index (χ4v) is 1.44. The van der Waals surface area contributed by atoms with E-state index in [1.54, 1.807) is 6.07 Å². The zero-order valence-electron chi connectivity index (χ0n) is 6.87. The molecule has 0 aliphatic heterocycles. The Balaban J connectivity index is 3.37. The summed E-state index contributed by atoms with van der Waals surface area (Å²) in [6.45, 7) is 3.81. The van der Waals surface area contributed by atoms with Crippen LogP contribution in [0.3, 0.4) is 0 Å². The highest BCUT2D eigenvalue weighted by molar-refractivity contribution is 6.33. The van der Waals surface area contributed by atoms with Crippen LogP contribution >= 0.6 is 11.6 Å². The summed E-state index contributed by atoms with van der Waals surface area (Å²) in [5.41, 5.74) is 10.7. The highest BCUT2D eigenvalue weighted by atomic mass is 35.5. The highest BCUT2D eigenvalue weighted by Crippen LogP contribution is 2.29. The average Bonchev–Trinajstić information content (AvgIpc) is 1.96. The lowest BCUT2D eigenvalue weighted by molar-refractivity contribution is 1.33. The molecule has 0 spiro atoms. The van der Waals surface area contributed by atoms with Crippen LogP contribution in [0.25, 0.3) is 10.4 Å². The minimum absolute atomic E-state index is 0.505. The summed E-state index contributed by atoms with van der Waals surface area (Å²) in [7, 11) is 0. The summed E-state index contributed by atoms with van der Waals surface area (Å²) < 4.78 is 0. The minimum atomic E-state index is 0.505. The Morgan fingerprint density at radius 2 is 2.08 bits per heavy atom. The standard InChI is InChI=1S/C8H8ClN3/c1-5-3-6(2)8(11-12-10)7(9)4-5/h3-4H,1-2H3. The molecule has 0 amide bonds. The van der Waals surface area contributed by atoms with E-state index < -0.39 is 0 Å². The molecule has 12 heavy (non-hydrogen) atoms. The lowest BCUT2D eigenvalue weighted by atomic mass is 10.1. The number of benzene rings is 1. The van der Waals surface area contributed by atoms with E-state index in [-0.39, 0.29) is 0 Å². The molecule has 1 rings (SSSR count). The second kappa shape index (κ2) is 3.48. The van der Waals surface area contributed by atoms with Crippen molar-refractivity contribution in [2.24, 2.45) is 5.11 Å². The second-order valence-corrected chi connectivity index (χ2v) is 3.01. The van der Waals surface area contributed by atoms with Crippen LogP contribution in [0.2, 0.25) is 5.02 Å². The molecule has 0 radical (unpaired) electrons. The molecule has 0 N–H and O–H groups in total. The first-order chi connectivity index (χ1) is 5.65. The van der Waals surface area contributed by atoms with Crippen molar-refractivity contribution in [2.75, 3.05) is 0 Å². The Morgan fingerprint density at radius 3 is 2.58 bits per heavy atom. The van der Waals surface area contributed by atoms with Gasteiger partial charge in [-0.15, -0.1) is 0 Å². The quantitative estimate of drug-likeness (QED) is 0.359. The smallest absolute Gasteiger partial charge is 0.0591 e. The van der Waals surface area contributed by atoms with Gasteiger partial charge < -0.3 is 0 Å². The van der Waals surface area contributed by atoms with E-state index in [9.17, 15) is 0 Å². The lowest BCUT2D eigenvalue weighted by Gasteiger charge is -2.02. The van der Waals surface area contributed by atoms with Gasteiger partial charge >= 0.3 is 0 Å². The van der Waals surface area contributed by atoms with Crippen LogP contribution in [0.4, 0.5) is 5.69 Å². The van der Waals surface area contributed by atoms with E-state index in [1.807, 2.05) is 19.9 Å². The first-order valence-electron chi connectivity index (χ1n) is 3.47. The normalized spacial score (nSPS) is 9.25. The third-order valence-electron chi connectivity index (χ3n) is 1.54. The van der Waals surface area contributed by atoms with Gasteiger partial charge in [-0.25, -0.2) is 0 Å². The molecule has 1 aromatic rings. The summed E-state index contributed by atoms with van der Waals surface area (Å²) in [5.74, 6) is 0. The van der Waals surface area contributed by atoms with Gasteiger partial charge in [-0.05, 0) is 36.6 Å². The van der Waals surface area contributed by atoms with Crippen LogP contribution < -0.4 is 0 Å². The van der Waals surface area contributed by atoms with E-state index in [2.05, 4.69) is 10.0 Å². The number of halogens is 1. The molecular formula is C8H8ClN3. The molecule has 0 aromatic heterocycles. The Hall–Kier alpha value is -1.18. The van der Waals surface area contributed by atoms with Crippen molar-refractivity contribution in [1.82, 2.24) is 0 Å². The number of rotatable bonds is 1. The largest absolute Gasteiger partial charge is 0.0838 e. The fraction of sp³-hybridized carbons (Fsp3) is 0.250. The number of nitrogens with zero attached hydrogens (tertiary/aromatic N) is 3. The first kappa shape index (κ1) is 8.91. The molecule has 3 nitrogen and oxygen atoms in total. The Morgan fingerprint density at radius 1 is 1.42 bits per heavy atom. The van der Waals surface area contributed by atoms with Crippen molar-refractivity contribution in [1.29, 1.82) is 0 Å². The summed E-state index contributed by atoms with van der Waals surface area (Å²) in [6, 6.07) is 3.70. The van der Waals surface area contributed by atoms with Gasteiger partial charge in [0.05, 0.1) is 10.7 Å². The predicted molar refractivity (Wildman–Crippen MR) is 49.7 cm³/mol. The number of hydrogen-bond donors (Lipinski definition) is 0. The third-order valence-corrected chi connectivity index (χ3v) is 1.83. The van der Waals surface area contributed by atoms with Crippen LogP contribution in [0.1, 0.15) is 11.1 Å². The molecule has 0 saturated carbocycles. The first-order valence-corrected chi connectivity index (χ1v) is 3.85. The molecule has 0 bridgehead atoms. The molecule has 1 aromatic carbocycles. The van der Waals surface area contributed by atoms with E-state index in [4.69, 9.17) is 17.1 Å². The van der Waals surface area contributed by atoms with Crippen molar-refractivity contribution >= 4 is 17.3 Å². The summed E-state index contributed by atoms with van der Waals surface area (Å²) >= 11 is 5.85. The Kier molecular flexibility index (Phi) is 2.58. The molecule has 62 valence electrons. The monoisotopic (exact) mass is 181 g/mol. The topological polar surface area (TPSA) is 48.8 Å². The number of hydrogen-bond acceptors (Lipinski definition) is 1. The fourth-order valence-electron chi connectivity index (χ4n) is 1.08. The maximum absolute atomic E-state index is 8.24. The van der Waals surface area contributed by atoms with Gasteiger partial charge in [-0.2, -0.15) is 0 Å². The van der Waals surface area contributed by atoms with Crippen LogP contribution in [-0.4, -0.2) is 0 Å². The molecular weight excluding hydrogens is 174 g/mol. The highest BCUT2D eigenvalue weighted by Gasteiger charge is 2.01. The summed E-state index contributed by atoms with van der Waals surface area (Å²) in [4.78, 5) is 2.70. The van der Waals surface area contributed by atoms with Gasteiger partial charge in [0.15, 0.2) is 0 Å². The van der Waals surface area contributed by atoms with Gasteiger partial charge in [0, 0.05) is 4.91 Å². The van der Waals surface area contributed by atoms with Gasteiger partial charge in [-0.3, -0.25) is 0 Å². The SMILES string of the molecule is Cc1cc(C)c(N=[N+]=[N-])c(Cl)c1. The Labute approximate surface area is 75.6 Å². The molecule has 0 fully saturated rings. The van der Waals surface area contributed by atoms with Crippen molar-refractivity contribution in [3.05, 3.63) is 38.7 Å². The predicted octanol–water partition coefficient (Wildman–Crippen LogP) is 3.90. The molecule has 0 saturated heterocycles. The maximum Gasteiger partial charge on any atom is 0.0591 e. The zero-order chi connectivity index (χ0) is 9.14. The number of aryl methyl sites for hydroxylation is 2. The van der Waals surface area contributed by atoms with Crippen molar-refractivity contribution < 1.29 is 0 Å². The van der Waals surface area contributed by atoms with Crippen LogP contribution in [-0.2, 0) is 0 Å². The van der Waals surface area contributed by atoms with Crippen molar-refractivity contribution in [2.45, 2.75) is 13.8 Å². The second-order valence-electron chi connectivity index (χ2n) is 2.60. The summed E-state index contributed by atoms with van der Waals surface area (Å²) in [5, 5.41) is 4.00. The third kappa shape index (κ3) is 1.70. The maximum atomic E-state index is 8.24. The summed E-state index contributed by atoms with van der Waals surface area (Å²) in [6.07, 6.45) is 0. The van der Waals surface area contributed by atoms with Gasteiger partial charge in [-0.1, -0.05) is 22.8 Å². The van der Waals surface area contributed by atoms with E-state index in [1.165, 1.54) is 0 Å². The molecule has 0 heterocycles. The van der Waals surface area contributed by atoms with E-state index in [0.717, 1.165) is 11.1 Å². The zero-order valence-corrected chi connectivity index (χ0v) is 7.63. The average molecular weight is 182 g/mol. The van der Waals surface area contributed by atoms with Crippen LogP contribution in [0.15, 0.2) is 17.2 Å². The van der Waals surface area contributed by atoms with Gasteiger partial charge in [0.25, 0.3) is 0 Å². The van der Waals surface area contributed by atoms with E-state index >= 15 is 0 Å². The van der Waals surface area contributed by atoms with Gasteiger partial charge in [0.1, 0.15) is 0 Å². The number of azide groups is 1. The molecule has 0 aliphatic rings. The molecule has 0 atom stereocenters. The molecule has 4 heteroatoms. The molecule has 0 aliphatic carbocycles. The van der Waals surface area contributed by atoms with Gasteiger partial charge in [0.2, 0.25) is 0 Å². The lowest BCUT2D eigenvalue weighted by Crippen LogP contribution is -1.78. The van der Waals surface area contributed by atoms with Crippen molar-refractivity contribution in [3.63, 3.8) is 0 Å². The van der Waals surface area contributed by atoms with E-state index in [0.29, 0.717) is 10.7 Å². The van der Waals surface area contributed by atoms with Crippen LogP contribution in [0.5, 0.6) is 0 Å².